The van der Waals surface area contributed by atoms with Crippen molar-refractivity contribution in [1.29, 1.82) is 0 Å². The molecule has 15 heavy (non-hydrogen) atoms. The van der Waals surface area contributed by atoms with Crippen molar-refractivity contribution in [2.45, 2.75) is 52.6 Å². The number of hydrogen-bond donors (Lipinski definition) is 1. The van der Waals surface area contributed by atoms with Gasteiger partial charge in [-0.15, -0.1) is 0 Å². The van der Waals surface area contributed by atoms with E-state index in [1.165, 1.54) is 12.8 Å². The second-order valence-electron chi connectivity index (χ2n) is 5.30. The highest BCUT2D eigenvalue weighted by atomic mass is 16.2. The van der Waals surface area contributed by atoms with Gasteiger partial charge in [-0.1, -0.05) is 13.8 Å². The third-order valence-corrected chi connectivity index (χ3v) is 3.06. The normalized spacial score (nSPS) is 18.3. The predicted octanol–water partition coefficient (Wildman–Crippen LogP) is 1.62. The van der Waals surface area contributed by atoms with E-state index in [1.54, 1.807) is 0 Å². The Labute approximate surface area is 93.0 Å². The fourth-order valence-electron chi connectivity index (χ4n) is 1.61. The molecule has 3 nitrogen and oxygen atoms in total. The Morgan fingerprint density at radius 3 is 2.20 bits per heavy atom. The summed E-state index contributed by atoms with van der Waals surface area (Å²) in [5, 5.41) is 0. The largest absolute Gasteiger partial charge is 0.339 e. The van der Waals surface area contributed by atoms with Gasteiger partial charge in [-0.25, -0.2) is 0 Å². The molecule has 1 rings (SSSR count). The number of carbonyl (C=O) groups is 1. The third-order valence-electron chi connectivity index (χ3n) is 3.06. The summed E-state index contributed by atoms with van der Waals surface area (Å²) in [6, 6.07) is -0.0750. The molecule has 0 spiro atoms. The second kappa shape index (κ2) is 4.97. The summed E-state index contributed by atoms with van der Waals surface area (Å²) in [6.45, 7) is 9.02. The smallest absolute Gasteiger partial charge is 0.239 e. The molecule has 0 aliphatic heterocycles. The summed E-state index contributed by atoms with van der Waals surface area (Å²) in [4.78, 5) is 14.0. The molecule has 1 amide bonds. The van der Waals surface area contributed by atoms with Crippen molar-refractivity contribution in [3.05, 3.63) is 0 Å². The number of carbonyl (C=O) groups excluding carboxylic acids is 1. The molecule has 0 aromatic rings. The number of hydrogen-bond acceptors (Lipinski definition) is 2. The van der Waals surface area contributed by atoms with Gasteiger partial charge in [0.15, 0.2) is 0 Å². The highest BCUT2D eigenvalue weighted by Crippen LogP contribution is 2.30. The van der Waals surface area contributed by atoms with E-state index < -0.39 is 0 Å². The lowest BCUT2D eigenvalue weighted by Crippen LogP contribution is -2.49. The van der Waals surface area contributed by atoms with Crippen LogP contribution in [0.15, 0.2) is 0 Å². The van der Waals surface area contributed by atoms with Gasteiger partial charge in [0.1, 0.15) is 0 Å². The minimum absolute atomic E-state index is 0.118. The lowest BCUT2D eigenvalue weighted by Gasteiger charge is -2.30. The first-order chi connectivity index (χ1) is 6.93. The van der Waals surface area contributed by atoms with Crippen molar-refractivity contribution in [3.8, 4) is 0 Å². The lowest BCUT2D eigenvalue weighted by atomic mass is 10.0. The molecule has 1 aliphatic rings. The second-order valence-corrected chi connectivity index (χ2v) is 5.30. The van der Waals surface area contributed by atoms with E-state index in [9.17, 15) is 4.79 Å². The van der Waals surface area contributed by atoms with E-state index >= 15 is 0 Å². The molecule has 88 valence electrons. The molecule has 3 heteroatoms. The molecule has 0 saturated heterocycles. The van der Waals surface area contributed by atoms with Crippen LogP contribution in [0, 0.1) is 11.8 Å². The zero-order valence-electron chi connectivity index (χ0n) is 10.4. The van der Waals surface area contributed by atoms with Crippen molar-refractivity contribution in [3.63, 3.8) is 0 Å². The monoisotopic (exact) mass is 212 g/mol. The number of amides is 1. The summed E-state index contributed by atoms with van der Waals surface area (Å²) in [7, 11) is 0. The highest BCUT2D eigenvalue weighted by molar-refractivity contribution is 5.82. The number of nitrogens with zero attached hydrogens (tertiary/aromatic N) is 1. The topological polar surface area (TPSA) is 46.3 Å². The highest BCUT2D eigenvalue weighted by Gasteiger charge is 2.31. The van der Waals surface area contributed by atoms with Gasteiger partial charge in [0.25, 0.3) is 0 Å². The maximum absolute atomic E-state index is 12.1. The van der Waals surface area contributed by atoms with Crippen LogP contribution in [-0.2, 0) is 4.79 Å². The first-order valence-corrected chi connectivity index (χ1v) is 5.99. The van der Waals surface area contributed by atoms with Crippen LogP contribution in [-0.4, -0.2) is 29.4 Å². The fraction of sp³-hybridized carbons (Fsp3) is 0.917. The van der Waals surface area contributed by atoms with Crippen LogP contribution in [0.4, 0.5) is 0 Å². The molecular formula is C12H24N2O. The lowest BCUT2D eigenvalue weighted by molar-refractivity contribution is -0.135. The standard InChI is InChI=1S/C12H24N2O/c1-8(2)11(13)12(15)14(9(3)4)7-10-5-6-10/h8-11H,5-7,13H2,1-4H3/t11-/m0/s1. The molecule has 1 saturated carbocycles. The Morgan fingerprint density at radius 1 is 1.33 bits per heavy atom. The minimum Gasteiger partial charge on any atom is -0.339 e. The van der Waals surface area contributed by atoms with Crippen molar-refractivity contribution >= 4 is 5.91 Å². The summed E-state index contributed by atoms with van der Waals surface area (Å²) >= 11 is 0. The first-order valence-electron chi connectivity index (χ1n) is 5.99. The molecule has 0 aromatic heterocycles. The Morgan fingerprint density at radius 2 is 1.87 bits per heavy atom. The Hall–Kier alpha value is -0.570. The van der Waals surface area contributed by atoms with Gasteiger partial charge in [0.05, 0.1) is 6.04 Å². The van der Waals surface area contributed by atoms with E-state index in [-0.39, 0.29) is 23.9 Å². The molecule has 0 unspecified atom stereocenters. The summed E-state index contributed by atoms with van der Waals surface area (Å²) in [5.41, 5.74) is 5.90. The molecule has 1 fully saturated rings. The summed E-state index contributed by atoms with van der Waals surface area (Å²) in [5.74, 6) is 1.07. The molecular weight excluding hydrogens is 188 g/mol. The Bertz CT molecular complexity index is 222. The van der Waals surface area contributed by atoms with Gasteiger partial charge in [0, 0.05) is 12.6 Å². The number of nitrogens with two attached hydrogens (primary N) is 1. The Kier molecular flexibility index (Phi) is 4.14. The van der Waals surface area contributed by atoms with Gasteiger partial charge >= 0.3 is 0 Å². The zero-order valence-corrected chi connectivity index (χ0v) is 10.4. The maximum atomic E-state index is 12.1. The summed E-state index contributed by atoms with van der Waals surface area (Å²) in [6.07, 6.45) is 2.54. The van der Waals surface area contributed by atoms with Crippen molar-refractivity contribution in [2.75, 3.05) is 6.54 Å². The van der Waals surface area contributed by atoms with E-state index in [4.69, 9.17) is 5.73 Å². The van der Waals surface area contributed by atoms with Crippen LogP contribution < -0.4 is 5.73 Å². The van der Waals surface area contributed by atoms with Crippen molar-refractivity contribution in [2.24, 2.45) is 17.6 Å². The maximum Gasteiger partial charge on any atom is 0.239 e. The predicted molar refractivity (Wildman–Crippen MR) is 62.4 cm³/mol. The van der Waals surface area contributed by atoms with E-state index in [1.807, 2.05) is 18.7 Å². The summed E-state index contributed by atoms with van der Waals surface area (Å²) < 4.78 is 0. The van der Waals surface area contributed by atoms with E-state index in [0.29, 0.717) is 0 Å². The van der Waals surface area contributed by atoms with Crippen molar-refractivity contribution in [1.82, 2.24) is 4.90 Å². The van der Waals surface area contributed by atoms with Crippen LogP contribution in [0.5, 0.6) is 0 Å². The number of rotatable bonds is 5. The van der Waals surface area contributed by atoms with E-state index in [0.717, 1.165) is 12.5 Å². The van der Waals surface area contributed by atoms with Crippen LogP contribution in [0.25, 0.3) is 0 Å². The van der Waals surface area contributed by atoms with Gasteiger partial charge in [-0.05, 0) is 38.5 Å². The van der Waals surface area contributed by atoms with Gasteiger partial charge in [-0.3, -0.25) is 4.79 Å². The fourth-order valence-corrected chi connectivity index (χ4v) is 1.61. The average Bonchev–Trinajstić information content (AvgIpc) is 2.94. The molecule has 2 N–H and O–H groups in total. The molecule has 0 radical (unpaired) electrons. The molecule has 1 atom stereocenters. The zero-order chi connectivity index (χ0) is 11.6. The van der Waals surface area contributed by atoms with Crippen molar-refractivity contribution < 1.29 is 4.79 Å². The first kappa shape index (κ1) is 12.5. The van der Waals surface area contributed by atoms with Crippen LogP contribution in [0.3, 0.4) is 0 Å². The Balaban J connectivity index is 2.57. The van der Waals surface area contributed by atoms with Gasteiger partial charge in [0.2, 0.25) is 5.91 Å². The molecule has 0 heterocycles. The van der Waals surface area contributed by atoms with Gasteiger partial charge in [-0.2, -0.15) is 0 Å². The minimum atomic E-state index is -0.342. The molecule has 1 aliphatic carbocycles. The van der Waals surface area contributed by atoms with Crippen LogP contribution >= 0.6 is 0 Å². The quantitative estimate of drug-likeness (QED) is 0.752. The van der Waals surface area contributed by atoms with Gasteiger partial charge < -0.3 is 10.6 Å². The SMILES string of the molecule is CC(C)[C@H](N)C(=O)N(CC1CC1)C(C)C. The average molecular weight is 212 g/mol. The van der Waals surface area contributed by atoms with Crippen LogP contribution in [0.1, 0.15) is 40.5 Å². The molecule has 0 bridgehead atoms. The third kappa shape index (κ3) is 3.49. The van der Waals surface area contributed by atoms with E-state index in [2.05, 4.69) is 13.8 Å². The van der Waals surface area contributed by atoms with Crippen LogP contribution in [0.2, 0.25) is 0 Å². The molecule has 0 aromatic carbocycles.